The number of hydrogen-bond donors (Lipinski definition) is 2. The average Bonchev–Trinajstić information content (AvgIpc) is 2.36. The number of carbonyl (C=O) groups excluding carboxylic acids is 1. The number of nitrogens with one attached hydrogen (secondary N) is 2. The van der Waals surface area contributed by atoms with Crippen LogP contribution < -0.4 is 10.6 Å². The second kappa shape index (κ2) is 4.65. The molecule has 0 saturated heterocycles. The van der Waals surface area contributed by atoms with Gasteiger partial charge < -0.3 is 15.5 Å². The molecule has 2 rings (SSSR count). The smallest absolute Gasteiger partial charge is 0.246 e. The van der Waals surface area contributed by atoms with Gasteiger partial charge in [-0.3, -0.25) is 4.79 Å². The highest BCUT2D eigenvalue weighted by Crippen LogP contribution is 2.25. The third-order valence-corrected chi connectivity index (χ3v) is 3.17. The molecule has 1 aliphatic rings. The lowest BCUT2D eigenvalue weighted by atomic mass is 10.1. The summed E-state index contributed by atoms with van der Waals surface area (Å²) >= 11 is 0. The van der Waals surface area contributed by atoms with Crippen molar-refractivity contribution in [2.45, 2.75) is 25.9 Å². The molecule has 0 spiro atoms. The Morgan fingerprint density at radius 2 is 2.00 bits per heavy atom. The molecule has 92 valence electrons. The molecule has 1 unspecified atom stereocenters. The molecule has 0 saturated carbocycles. The van der Waals surface area contributed by atoms with Gasteiger partial charge in [0.1, 0.15) is 6.04 Å². The van der Waals surface area contributed by atoms with Crippen LogP contribution in [0.3, 0.4) is 0 Å². The van der Waals surface area contributed by atoms with Gasteiger partial charge in [-0.1, -0.05) is 12.1 Å². The quantitative estimate of drug-likeness (QED) is 0.818. The summed E-state index contributed by atoms with van der Waals surface area (Å²) < 4.78 is 0. The number of fused-ring (bicyclic) bond motifs is 1. The van der Waals surface area contributed by atoms with E-state index in [0.717, 1.165) is 11.4 Å². The molecule has 0 aliphatic carbocycles. The Kier molecular flexibility index (Phi) is 3.22. The first-order valence-electron chi connectivity index (χ1n) is 5.95. The van der Waals surface area contributed by atoms with Gasteiger partial charge in [-0.15, -0.1) is 0 Å². The Morgan fingerprint density at radius 1 is 1.35 bits per heavy atom. The van der Waals surface area contributed by atoms with Gasteiger partial charge >= 0.3 is 0 Å². The highest BCUT2D eigenvalue weighted by atomic mass is 16.2. The van der Waals surface area contributed by atoms with Gasteiger partial charge in [0, 0.05) is 19.6 Å². The Morgan fingerprint density at radius 3 is 2.65 bits per heavy atom. The Hall–Kier alpha value is -1.71. The maximum Gasteiger partial charge on any atom is 0.246 e. The van der Waals surface area contributed by atoms with Crippen molar-refractivity contribution in [1.29, 1.82) is 0 Å². The lowest BCUT2D eigenvalue weighted by Gasteiger charge is -2.32. The van der Waals surface area contributed by atoms with Crippen LogP contribution in [-0.2, 0) is 4.79 Å². The van der Waals surface area contributed by atoms with E-state index < -0.39 is 0 Å². The molecule has 1 aliphatic heterocycles. The minimum atomic E-state index is -0.183. The van der Waals surface area contributed by atoms with Crippen molar-refractivity contribution in [3.05, 3.63) is 24.3 Å². The molecular weight excluding hydrogens is 214 g/mol. The highest BCUT2D eigenvalue weighted by Gasteiger charge is 2.26. The first-order chi connectivity index (χ1) is 8.09. The van der Waals surface area contributed by atoms with Crippen LogP contribution in [-0.4, -0.2) is 36.5 Å². The van der Waals surface area contributed by atoms with Crippen LogP contribution in [0.1, 0.15) is 13.8 Å². The molecule has 0 bridgehead atoms. The van der Waals surface area contributed by atoms with E-state index in [1.807, 2.05) is 45.2 Å². The molecule has 0 fully saturated rings. The zero-order valence-electron chi connectivity index (χ0n) is 10.5. The van der Waals surface area contributed by atoms with Crippen LogP contribution >= 0.6 is 0 Å². The lowest BCUT2D eigenvalue weighted by molar-refractivity contribution is -0.131. The second-order valence-electron chi connectivity index (χ2n) is 4.67. The van der Waals surface area contributed by atoms with Crippen molar-refractivity contribution in [3.8, 4) is 0 Å². The first kappa shape index (κ1) is 11.8. The zero-order valence-corrected chi connectivity index (χ0v) is 10.5. The molecule has 0 radical (unpaired) electrons. The van der Waals surface area contributed by atoms with Crippen molar-refractivity contribution in [2.75, 3.05) is 24.2 Å². The van der Waals surface area contributed by atoms with Crippen LogP contribution in [0.25, 0.3) is 0 Å². The van der Waals surface area contributed by atoms with Gasteiger partial charge in [-0.05, 0) is 26.0 Å². The van der Waals surface area contributed by atoms with E-state index in [9.17, 15) is 4.79 Å². The fourth-order valence-corrected chi connectivity index (χ4v) is 1.86. The van der Waals surface area contributed by atoms with Gasteiger partial charge in [0.2, 0.25) is 5.91 Å². The Balaban J connectivity index is 2.10. The van der Waals surface area contributed by atoms with Gasteiger partial charge in [0.05, 0.1) is 11.4 Å². The van der Waals surface area contributed by atoms with Crippen LogP contribution in [0.5, 0.6) is 0 Å². The lowest BCUT2D eigenvalue weighted by Crippen LogP contribution is -2.48. The van der Waals surface area contributed by atoms with E-state index in [0.29, 0.717) is 6.54 Å². The van der Waals surface area contributed by atoms with Crippen molar-refractivity contribution >= 4 is 17.3 Å². The first-order valence-corrected chi connectivity index (χ1v) is 5.95. The number of anilines is 2. The predicted octanol–water partition coefficient (Wildman–Crippen LogP) is 1.76. The number of hydrogen-bond acceptors (Lipinski definition) is 3. The second-order valence-corrected chi connectivity index (χ2v) is 4.67. The fourth-order valence-electron chi connectivity index (χ4n) is 1.86. The summed E-state index contributed by atoms with van der Waals surface area (Å²) in [5, 5.41) is 6.56. The van der Waals surface area contributed by atoms with Crippen molar-refractivity contribution in [1.82, 2.24) is 4.90 Å². The Labute approximate surface area is 102 Å². The maximum atomic E-state index is 12.2. The summed E-state index contributed by atoms with van der Waals surface area (Å²) in [6.45, 7) is 4.66. The SMILES string of the molecule is CC(C)N(C)C(=O)C1CNc2ccccc2N1. The van der Waals surface area contributed by atoms with Crippen LogP contribution in [0, 0.1) is 0 Å². The van der Waals surface area contributed by atoms with Crippen LogP contribution in [0.4, 0.5) is 11.4 Å². The summed E-state index contributed by atoms with van der Waals surface area (Å²) in [6.07, 6.45) is 0. The standard InChI is InChI=1S/C13H19N3O/c1-9(2)16(3)13(17)12-8-14-10-6-4-5-7-11(10)15-12/h4-7,9,12,14-15H,8H2,1-3H3. The summed E-state index contributed by atoms with van der Waals surface area (Å²) in [7, 11) is 1.84. The maximum absolute atomic E-state index is 12.2. The van der Waals surface area contributed by atoms with Crippen molar-refractivity contribution in [3.63, 3.8) is 0 Å². The van der Waals surface area contributed by atoms with Crippen molar-refractivity contribution in [2.24, 2.45) is 0 Å². The molecule has 1 aromatic rings. The molecule has 17 heavy (non-hydrogen) atoms. The van der Waals surface area contributed by atoms with E-state index >= 15 is 0 Å². The fraction of sp³-hybridized carbons (Fsp3) is 0.462. The highest BCUT2D eigenvalue weighted by molar-refractivity contribution is 5.88. The third kappa shape index (κ3) is 2.35. The largest absolute Gasteiger partial charge is 0.381 e. The van der Waals surface area contributed by atoms with E-state index in [-0.39, 0.29) is 18.0 Å². The predicted molar refractivity (Wildman–Crippen MR) is 70.2 cm³/mol. The molecule has 4 nitrogen and oxygen atoms in total. The van der Waals surface area contributed by atoms with Crippen molar-refractivity contribution < 1.29 is 4.79 Å². The number of rotatable bonds is 2. The Bertz CT molecular complexity index is 417. The zero-order chi connectivity index (χ0) is 12.4. The van der Waals surface area contributed by atoms with E-state index in [1.54, 1.807) is 4.90 Å². The molecule has 1 atom stereocenters. The molecule has 2 N–H and O–H groups in total. The number of carbonyl (C=O) groups is 1. The molecule has 1 aromatic carbocycles. The summed E-state index contributed by atoms with van der Waals surface area (Å²) in [6, 6.07) is 7.98. The third-order valence-electron chi connectivity index (χ3n) is 3.17. The number of likely N-dealkylation sites (N-methyl/N-ethyl adjacent to an activating group) is 1. The molecule has 1 heterocycles. The van der Waals surface area contributed by atoms with Crippen LogP contribution in [0.15, 0.2) is 24.3 Å². The molecule has 1 amide bonds. The molecule has 0 aromatic heterocycles. The van der Waals surface area contributed by atoms with Crippen LogP contribution in [0.2, 0.25) is 0 Å². The normalized spacial score (nSPS) is 18.0. The average molecular weight is 233 g/mol. The minimum absolute atomic E-state index is 0.127. The topological polar surface area (TPSA) is 44.4 Å². The minimum Gasteiger partial charge on any atom is -0.381 e. The van der Waals surface area contributed by atoms with Gasteiger partial charge in [0.15, 0.2) is 0 Å². The monoisotopic (exact) mass is 233 g/mol. The summed E-state index contributed by atoms with van der Waals surface area (Å²) in [4.78, 5) is 13.9. The summed E-state index contributed by atoms with van der Waals surface area (Å²) in [5.74, 6) is 0.127. The van der Waals surface area contributed by atoms with E-state index in [2.05, 4.69) is 10.6 Å². The van der Waals surface area contributed by atoms with Gasteiger partial charge in [-0.2, -0.15) is 0 Å². The van der Waals surface area contributed by atoms with Gasteiger partial charge in [-0.25, -0.2) is 0 Å². The van der Waals surface area contributed by atoms with E-state index in [4.69, 9.17) is 0 Å². The number of benzene rings is 1. The summed E-state index contributed by atoms with van der Waals surface area (Å²) in [5.41, 5.74) is 2.05. The molecular formula is C13H19N3O. The number of nitrogens with zero attached hydrogens (tertiary/aromatic N) is 1. The number of para-hydroxylation sites is 2. The number of amides is 1. The van der Waals surface area contributed by atoms with E-state index in [1.165, 1.54) is 0 Å². The van der Waals surface area contributed by atoms with Gasteiger partial charge in [0.25, 0.3) is 0 Å². The molecule has 4 heteroatoms.